The van der Waals surface area contributed by atoms with Gasteiger partial charge in [0.05, 0.1) is 22.3 Å². The van der Waals surface area contributed by atoms with Gasteiger partial charge in [-0.2, -0.15) is 0 Å². The van der Waals surface area contributed by atoms with Gasteiger partial charge in [-0.1, -0.05) is 89.7 Å². The molecule has 0 heterocycles. The lowest BCUT2D eigenvalue weighted by atomic mass is 9.95. The van der Waals surface area contributed by atoms with Crippen LogP contribution in [0, 0.1) is 0 Å². The van der Waals surface area contributed by atoms with Crippen molar-refractivity contribution < 1.29 is 39.3 Å². The van der Waals surface area contributed by atoms with E-state index < -0.39 is 40.7 Å². The molecular formula is C31H39NO8. The Morgan fingerprint density at radius 2 is 0.950 bits per heavy atom. The van der Waals surface area contributed by atoms with Gasteiger partial charge < -0.3 is 20.6 Å². The van der Waals surface area contributed by atoms with Crippen molar-refractivity contribution in [3.63, 3.8) is 0 Å². The van der Waals surface area contributed by atoms with Crippen LogP contribution in [-0.2, 0) is 0 Å². The number of aromatic carboxylic acids is 3. The molecule has 0 aliphatic carbocycles. The minimum absolute atomic E-state index is 0.0747. The molecule has 0 saturated heterocycles. The van der Waals surface area contributed by atoms with Crippen LogP contribution in [-0.4, -0.2) is 51.5 Å². The van der Waals surface area contributed by atoms with Crippen molar-refractivity contribution in [2.75, 3.05) is 6.54 Å². The highest BCUT2D eigenvalue weighted by atomic mass is 16.4. The van der Waals surface area contributed by atoms with Crippen molar-refractivity contribution in [1.29, 1.82) is 0 Å². The quantitative estimate of drug-likeness (QED) is 0.114. The maximum absolute atomic E-state index is 12.9. The van der Waals surface area contributed by atoms with Crippen molar-refractivity contribution in [3.05, 3.63) is 69.8 Å². The molecule has 4 N–H and O–H groups in total. The number of carbonyl (C=O) groups excluding carboxylic acids is 2. The minimum atomic E-state index is -1.52. The Kier molecular flexibility index (Phi) is 13.6. The predicted octanol–water partition coefficient (Wildman–Crippen LogP) is 6.44. The van der Waals surface area contributed by atoms with E-state index in [2.05, 4.69) is 12.2 Å². The standard InChI is InChI=1S/C31H39NO8/c1-2-3-4-5-6-7-8-9-10-11-12-13-18-32-28(34)23-16-14-21(19-25(23)30(37)38)27(33)22-15-17-24(29(35)36)26(20-22)31(39)40/h14-17,19-20H,2-13,18H2,1H3,(H,32,34)(H,35,36)(H,37,38)(H,39,40). The summed E-state index contributed by atoms with van der Waals surface area (Å²) in [5.41, 5.74) is -1.69. The molecular weight excluding hydrogens is 514 g/mol. The molecule has 0 saturated carbocycles. The maximum atomic E-state index is 12.9. The molecule has 0 aliphatic rings. The number of amides is 1. The molecule has 0 spiro atoms. The summed E-state index contributed by atoms with van der Waals surface area (Å²) in [6, 6.07) is 6.71. The Labute approximate surface area is 234 Å². The van der Waals surface area contributed by atoms with Gasteiger partial charge in [0.1, 0.15) is 0 Å². The molecule has 0 radical (unpaired) electrons. The van der Waals surface area contributed by atoms with Crippen LogP contribution in [0.3, 0.4) is 0 Å². The number of carboxylic acid groups (broad SMARTS) is 3. The molecule has 40 heavy (non-hydrogen) atoms. The smallest absolute Gasteiger partial charge is 0.336 e. The number of carbonyl (C=O) groups is 5. The average Bonchev–Trinajstić information content (AvgIpc) is 2.94. The largest absolute Gasteiger partial charge is 0.478 e. The number of nitrogens with one attached hydrogen (secondary N) is 1. The van der Waals surface area contributed by atoms with Crippen molar-refractivity contribution >= 4 is 29.6 Å². The highest BCUT2D eigenvalue weighted by Gasteiger charge is 2.22. The first-order valence-corrected chi connectivity index (χ1v) is 14.0. The normalized spacial score (nSPS) is 10.7. The van der Waals surface area contributed by atoms with Crippen LogP contribution < -0.4 is 5.32 Å². The Hall–Kier alpha value is -4.01. The highest BCUT2D eigenvalue weighted by Crippen LogP contribution is 2.20. The van der Waals surface area contributed by atoms with Crippen LogP contribution in [0.15, 0.2) is 36.4 Å². The molecule has 9 nitrogen and oxygen atoms in total. The van der Waals surface area contributed by atoms with Crippen LogP contribution in [0.5, 0.6) is 0 Å². The lowest BCUT2D eigenvalue weighted by Gasteiger charge is -2.10. The summed E-state index contributed by atoms with van der Waals surface area (Å²) in [6.45, 7) is 2.63. The van der Waals surface area contributed by atoms with E-state index in [1.165, 1.54) is 63.5 Å². The van der Waals surface area contributed by atoms with E-state index in [0.29, 0.717) is 6.54 Å². The lowest BCUT2D eigenvalue weighted by Crippen LogP contribution is -2.26. The zero-order chi connectivity index (χ0) is 29.5. The molecule has 216 valence electrons. The fourth-order valence-corrected chi connectivity index (χ4v) is 4.54. The summed E-state index contributed by atoms with van der Waals surface area (Å²) in [5.74, 6) is -5.62. The number of hydrogen-bond donors (Lipinski definition) is 4. The number of ketones is 1. The third-order valence-corrected chi connectivity index (χ3v) is 6.82. The third kappa shape index (κ3) is 9.94. The van der Waals surface area contributed by atoms with E-state index in [0.717, 1.165) is 49.9 Å². The summed E-state index contributed by atoms with van der Waals surface area (Å²) in [7, 11) is 0. The SMILES string of the molecule is CCCCCCCCCCCCCCNC(=O)c1ccc(C(=O)c2ccc(C(=O)O)c(C(=O)O)c2)cc1C(=O)O. The molecule has 0 bridgehead atoms. The molecule has 0 fully saturated rings. The Balaban J connectivity index is 1.89. The predicted molar refractivity (Wildman–Crippen MR) is 151 cm³/mol. The van der Waals surface area contributed by atoms with Gasteiger partial charge in [0.2, 0.25) is 0 Å². The van der Waals surface area contributed by atoms with Crippen LogP contribution in [0.2, 0.25) is 0 Å². The van der Waals surface area contributed by atoms with E-state index >= 15 is 0 Å². The number of benzene rings is 2. The monoisotopic (exact) mass is 553 g/mol. The third-order valence-electron chi connectivity index (χ3n) is 6.82. The molecule has 0 aliphatic heterocycles. The molecule has 2 rings (SSSR count). The van der Waals surface area contributed by atoms with Crippen LogP contribution in [0.4, 0.5) is 0 Å². The fourth-order valence-electron chi connectivity index (χ4n) is 4.54. The molecule has 0 aromatic heterocycles. The summed E-state index contributed by atoms with van der Waals surface area (Å²) >= 11 is 0. The van der Waals surface area contributed by atoms with Gasteiger partial charge in [-0.05, 0) is 30.7 Å². The summed E-state index contributed by atoms with van der Waals surface area (Å²) < 4.78 is 0. The van der Waals surface area contributed by atoms with Gasteiger partial charge in [0.15, 0.2) is 5.78 Å². The van der Waals surface area contributed by atoms with E-state index in [-0.39, 0.29) is 22.3 Å². The van der Waals surface area contributed by atoms with Crippen molar-refractivity contribution in [2.45, 2.75) is 84.0 Å². The Bertz CT molecular complexity index is 1200. The topological polar surface area (TPSA) is 158 Å². The molecule has 2 aromatic rings. The van der Waals surface area contributed by atoms with Crippen molar-refractivity contribution in [1.82, 2.24) is 5.32 Å². The van der Waals surface area contributed by atoms with E-state index in [4.69, 9.17) is 5.11 Å². The number of rotatable bonds is 19. The zero-order valence-electron chi connectivity index (χ0n) is 23.0. The second kappa shape index (κ2) is 16.8. The van der Waals surface area contributed by atoms with E-state index in [1.54, 1.807) is 0 Å². The van der Waals surface area contributed by atoms with Gasteiger partial charge in [-0.3, -0.25) is 9.59 Å². The first-order chi connectivity index (χ1) is 19.2. The van der Waals surface area contributed by atoms with Crippen LogP contribution in [0.25, 0.3) is 0 Å². The Morgan fingerprint density at radius 3 is 1.40 bits per heavy atom. The van der Waals surface area contributed by atoms with Gasteiger partial charge in [0, 0.05) is 17.7 Å². The number of hydrogen-bond acceptors (Lipinski definition) is 5. The highest BCUT2D eigenvalue weighted by molar-refractivity contribution is 6.13. The lowest BCUT2D eigenvalue weighted by molar-refractivity contribution is 0.0651. The average molecular weight is 554 g/mol. The maximum Gasteiger partial charge on any atom is 0.336 e. The molecule has 0 atom stereocenters. The molecule has 9 heteroatoms. The second-order valence-electron chi connectivity index (χ2n) is 9.91. The molecule has 1 amide bonds. The molecule has 0 unspecified atom stereocenters. The van der Waals surface area contributed by atoms with Crippen LogP contribution >= 0.6 is 0 Å². The van der Waals surface area contributed by atoms with Gasteiger partial charge >= 0.3 is 17.9 Å². The second-order valence-corrected chi connectivity index (χ2v) is 9.91. The summed E-state index contributed by atoms with van der Waals surface area (Å²) in [5, 5.41) is 30.9. The van der Waals surface area contributed by atoms with Gasteiger partial charge in [-0.15, -0.1) is 0 Å². The van der Waals surface area contributed by atoms with Crippen molar-refractivity contribution in [3.8, 4) is 0 Å². The summed E-state index contributed by atoms with van der Waals surface area (Å²) in [4.78, 5) is 60.1. The zero-order valence-corrected chi connectivity index (χ0v) is 23.0. The van der Waals surface area contributed by atoms with Crippen LogP contribution in [0.1, 0.15) is 141 Å². The summed E-state index contributed by atoms with van der Waals surface area (Å²) in [6.07, 6.45) is 14.3. The van der Waals surface area contributed by atoms with Gasteiger partial charge in [-0.25, -0.2) is 14.4 Å². The first-order valence-electron chi connectivity index (χ1n) is 14.0. The van der Waals surface area contributed by atoms with E-state index in [1.807, 2.05) is 0 Å². The number of carboxylic acids is 3. The minimum Gasteiger partial charge on any atom is -0.478 e. The Morgan fingerprint density at radius 1 is 0.550 bits per heavy atom. The van der Waals surface area contributed by atoms with E-state index in [9.17, 15) is 34.2 Å². The van der Waals surface area contributed by atoms with Crippen molar-refractivity contribution in [2.24, 2.45) is 0 Å². The number of unbranched alkanes of at least 4 members (excludes halogenated alkanes) is 11. The van der Waals surface area contributed by atoms with Gasteiger partial charge in [0.25, 0.3) is 5.91 Å². The molecule has 2 aromatic carbocycles. The fraction of sp³-hybridized carbons (Fsp3) is 0.452. The first kappa shape index (κ1) is 32.2.